The molecule has 10 heteroatoms. The summed E-state index contributed by atoms with van der Waals surface area (Å²) in [4.78, 5) is 36.9. The van der Waals surface area contributed by atoms with Crippen LogP contribution in [0.15, 0.2) is 60.7 Å². The summed E-state index contributed by atoms with van der Waals surface area (Å²) in [6.45, 7) is -0.434. The van der Waals surface area contributed by atoms with Crippen molar-refractivity contribution >= 4 is 49.6 Å². The fraction of sp³-hybridized carbons (Fsp3) is 0.120. The molecule has 0 saturated carbocycles. The Bertz CT molecular complexity index is 1540. The van der Waals surface area contributed by atoms with Gasteiger partial charge >= 0.3 is 5.97 Å². The minimum atomic E-state index is -0.614. The van der Waals surface area contributed by atoms with Gasteiger partial charge in [-0.3, -0.25) is 10.1 Å². The molecule has 2 N–H and O–H groups in total. The number of fused-ring (bicyclic) bond motifs is 2. The van der Waals surface area contributed by atoms with Gasteiger partial charge in [0.1, 0.15) is 17.3 Å². The van der Waals surface area contributed by atoms with E-state index in [0.29, 0.717) is 33.3 Å². The quantitative estimate of drug-likeness (QED) is 0.320. The lowest BCUT2D eigenvalue weighted by Gasteiger charge is -2.04. The molecule has 0 saturated heterocycles. The monoisotopic (exact) mass is 488 g/mol. The Morgan fingerprint density at radius 3 is 2.43 bits per heavy atom. The van der Waals surface area contributed by atoms with E-state index >= 15 is 0 Å². The SMILES string of the molecule is COc1ccc(-c2nc3ccc(C(=O)OCC(=O)Nc4nc5ccc(OC)cc5s4)cc3[nH]2)cc1. The number of anilines is 1. The Morgan fingerprint density at radius 1 is 0.914 bits per heavy atom. The van der Waals surface area contributed by atoms with Crippen molar-refractivity contribution in [2.75, 3.05) is 26.1 Å². The van der Waals surface area contributed by atoms with Crippen LogP contribution in [0.5, 0.6) is 11.5 Å². The van der Waals surface area contributed by atoms with Crippen LogP contribution in [0.3, 0.4) is 0 Å². The van der Waals surface area contributed by atoms with Crippen LogP contribution in [0.4, 0.5) is 5.13 Å². The topological polar surface area (TPSA) is 115 Å². The molecular weight excluding hydrogens is 468 g/mol. The standard InChI is InChI=1S/C25H20N4O5S/c1-32-16-6-3-14(4-7-16)23-26-18-9-5-15(11-20(18)27-23)24(31)34-13-22(30)29-25-28-19-10-8-17(33-2)12-21(19)35-25/h3-12H,13H2,1-2H3,(H,26,27)(H,28,29,30). The van der Waals surface area contributed by atoms with E-state index in [1.807, 2.05) is 36.4 Å². The van der Waals surface area contributed by atoms with Crippen LogP contribution in [-0.4, -0.2) is 47.7 Å². The van der Waals surface area contributed by atoms with Gasteiger partial charge in [0, 0.05) is 5.56 Å². The van der Waals surface area contributed by atoms with Crippen molar-refractivity contribution in [1.29, 1.82) is 0 Å². The van der Waals surface area contributed by atoms with Crippen molar-refractivity contribution in [2.45, 2.75) is 0 Å². The fourth-order valence-electron chi connectivity index (χ4n) is 3.48. The molecule has 0 aliphatic carbocycles. The lowest BCUT2D eigenvalue weighted by molar-refractivity contribution is -0.119. The van der Waals surface area contributed by atoms with Crippen molar-refractivity contribution in [3.05, 3.63) is 66.2 Å². The molecule has 0 spiro atoms. The van der Waals surface area contributed by atoms with Gasteiger partial charge in [0.2, 0.25) is 0 Å². The normalized spacial score (nSPS) is 10.9. The van der Waals surface area contributed by atoms with Gasteiger partial charge in [-0.05, 0) is 60.7 Å². The Hall–Kier alpha value is -4.44. The smallest absolute Gasteiger partial charge is 0.338 e. The number of aromatic nitrogens is 3. The second-order valence-corrected chi connectivity index (χ2v) is 8.55. The predicted molar refractivity (Wildman–Crippen MR) is 133 cm³/mol. The number of imidazole rings is 1. The lowest BCUT2D eigenvalue weighted by Crippen LogP contribution is -2.20. The second-order valence-electron chi connectivity index (χ2n) is 7.52. The maximum atomic E-state index is 12.5. The summed E-state index contributed by atoms with van der Waals surface area (Å²) in [6.07, 6.45) is 0. The van der Waals surface area contributed by atoms with Crippen molar-refractivity contribution in [3.63, 3.8) is 0 Å². The first-order chi connectivity index (χ1) is 17.0. The predicted octanol–water partition coefficient (Wildman–Crippen LogP) is 4.65. The van der Waals surface area contributed by atoms with Crippen molar-refractivity contribution in [1.82, 2.24) is 15.0 Å². The van der Waals surface area contributed by atoms with Gasteiger partial charge in [-0.15, -0.1) is 0 Å². The molecule has 0 atom stereocenters. The maximum absolute atomic E-state index is 12.5. The van der Waals surface area contributed by atoms with Crippen LogP contribution >= 0.6 is 11.3 Å². The zero-order valence-electron chi connectivity index (χ0n) is 18.8. The highest BCUT2D eigenvalue weighted by molar-refractivity contribution is 7.22. The average molecular weight is 489 g/mol. The summed E-state index contributed by atoms with van der Waals surface area (Å²) in [5.41, 5.74) is 3.32. The van der Waals surface area contributed by atoms with E-state index in [1.165, 1.54) is 11.3 Å². The molecule has 0 bridgehead atoms. The van der Waals surface area contributed by atoms with Crippen molar-refractivity contribution in [3.8, 4) is 22.9 Å². The van der Waals surface area contributed by atoms with Gasteiger partial charge in [-0.25, -0.2) is 14.8 Å². The van der Waals surface area contributed by atoms with Crippen molar-refractivity contribution in [2.24, 2.45) is 0 Å². The molecule has 5 rings (SSSR count). The minimum absolute atomic E-state index is 0.308. The second kappa shape index (κ2) is 9.43. The van der Waals surface area contributed by atoms with Gasteiger partial charge in [-0.1, -0.05) is 11.3 Å². The number of ether oxygens (including phenoxy) is 3. The first kappa shape index (κ1) is 22.4. The number of hydrogen-bond acceptors (Lipinski definition) is 8. The fourth-order valence-corrected chi connectivity index (χ4v) is 4.39. The molecule has 0 fully saturated rings. The number of thiazole rings is 1. The van der Waals surface area contributed by atoms with E-state index in [0.717, 1.165) is 21.5 Å². The molecule has 5 aromatic rings. The molecule has 35 heavy (non-hydrogen) atoms. The van der Waals surface area contributed by atoms with Crippen molar-refractivity contribution < 1.29 is 23.8 Å². The number of carbonyl (C=O) groups is 2. The number of amides is 1. The summed E-state index contributed by atoms with van der Waals surface area (Å²) in [6, 6.07) is 17.9. The molecule has 0 radical (unpaired) electrons. The Labute approximate surface area is 203 Å². The summed E-state index contributed by atoms with van der Waals surface area (Å²) in [5.74, 6) is 1.03. The maximum Gasteiger partial charge on any atom is 0.338 e. The molecule has 9 nitrogen and oxygen atoms in total. The third kappa shape index (κ3) is 4.78. The van der Waals surface area contributed by atoms with Gasteiger partial charge in [0.15, 0.2) is 11.7 Å². The van der Waals surface area contributed by atoms with Crippen LogP contribution in [0.25, 0.3) is 32.6 Å². The molecule has 2 heterocycles. The highest BCUT2D eigenvalue weighted by atomic mass is 32.1. The number of nitrogens with zero attached hydrogens (tertiary/aromatic N) is 2. The van der Waals surface area contributed by atoms with Crippen LogP contribution < -0.4 is 14.8 Å². The number of H-pyrrole nitrogens is 1. The lowest BCUT2D eigenvalue weighted by atomic mass is 10.2. The van der Waals surface area contributed by atoms with E-state index in [2.05, 4.69) is 20.3 Å². The molecule has 2 aromatic heterocycles. The van der Waals surface area contributed by atoms with Gasteiger partial charge in [0.25, 0.3) is 5.91 Å². The number of aromatic amines is 1. The Balaban J connectivity index is 1.23. The molecule has 176 valence electrons. The molecule has 3 aromatic carbocycles. The number of hydrogen-bond donors (Lipinski definition) is 2. The molecule has 0 aliphatic heterocycles. The Kier molecular flexibility index (Phi) is 6.02. The average Bonchev–Trinajstić information content (AvgIpc) is 3.49. The third-order valence-corrected chi connectivity index (χ3v) is 6.19. The number of esters is 1. The third-order valence-electron chi connectivity index (χ3n) is 5.26. The zero-order chi connectivity index (χ0) is 24.4. The van der Waals surface area contributed by atoms with Crippen LogP contribution in [0, 0.1) is 0 Å². The molecule has 1 amide bonds. The number of methoxy groups -OCH3 is 2. The summed E-state index contributed by atoms with van der Waals surface area (Å²) in [5, 5.41) is 3.08. The van der Waals surface area contributed by atoms with Crippen LogP contribution in [0.2, 0.25) is 0 Å². The highest BCUT2D eigenvalue weighted by Crippen LogP contribution is 2.29. The van der Waals surface area contributed by atoms with Gasteiger partial charge in [-0.2, -0.15) is 0 Å². The van der Waals surface area contributed by atoms with Crippen LogP contribution in [0.1, 0.15) is 10.4 Å². The molecule has 0 aliphatic rings. The van der Waals surface area contributed by atoms with Gasteiger partial charge in [0.05, 0.1) is 41.0 Å². The van der Waals surface area contributed by atoms with Gasteiger partial charge < -0.3 is 19.2 Å². The zero-order valence-corrected chi connectivity index (χ0v) is 19.6. The number of rotatable bonds is 7. The Morgan fingerprint density at radius 2 is 1.66 bits per heavy atom. The summed E-state index contributed by atoms with van der Waals surface area (Å²) < 4.78 is 16.5. The summed E-state index contributed by atoms with van der Waals surface area (Å²) in [7, 11) is 3.20. The van der Waals surface area contributed by atoms with E-state index in [9.17, 15) is 9.59 Å². The van der Waals surface area contributed by atoms with E-state index in [-0.39, 0.29) is 0 Å². The highest BCUT2D eigenvalue weighted by Gasteiger charge is 2.14. The molecule has 0 unspecified atom stereocenters. The number of nitrogens with one attached hydrogen (secondary N) is 2. The first-order valence-corrected chi connectivity index (χ1v) is 11.4. The number of benzene rings is 3. The minimum Gasteiger partial charge on any atom is -0.497 e. The first-order valence-electron chi connectivity index (χ1n) is 10.6. The number of carbonyl (C=O) groups excluding carboxylic acids is 2. The molecular formula is C25H20N4O5S. The van der Waals surface area contributed by atoms with Crippen LogP contribution in [-0.2, 0) is 9.53 Å². The van der Waals surface area contributed by atoms with E-state index < -0.39 is 18.5 Å². The summed E-state index contributed by atoms with van der Waals surface area (Å²) >= 11 is 1.31. The largest absolute Gasteiger partial charge is 0.497 e. The van der Waals surface area contributed by atoms with E-state index in [4.69, 9.17) is 14.2 Å². The van der Waals surface area contributed by atoms with E-state index in [1.54, 1.807) is 38.5 Å².